The SMILES string of the molecule is CC/C=C/C/C=C/C/C=C/CCCCCCC(CC(=O)NC(CO)C(O)CCCCCCCCCCCCCCCCC)OC(=O)CCCCCCCCCCCCCCCCCC. The molecule has 3 unspecified atom stereocenters. The van der Waals surface area contributed by atoms with Crippen molar-refractivity contribution in [3.8, 4) is 0 Å². The molecule has 0 aromatic carbocycles. The van der Waals surface area contributed by atoms with Crippen molar-refractivity contribution < 1.29 is 24.5 Å². The zero-order chi connectivity index (χ0) is 46.7. The predicted molar refractivity (Wildman–Crippen MR) is 278 cm³/mol. The quantitative estimate of drug-likeness (QED) is 0.0321. The topological polar surface area (TPSA) is 95.9 Å². The maximum absolute atomic E-state index is 13.2. The van der Waals surface area contributed by atoms with Crippen molar-refractivity contribution >= 4 is 11.9 Å². The van der Waals surface area contributed by atoms with Crippen LogP contribution in [0.5, 0.6) is 0 Å². The molecule has 0 aliphatic rings. The van der Waals surface area contributed by atoms with E-state index in [4.69, 9.17) is 4.74 Å². The average molecular weight is 901 g/mol. The Labute approximate surface area is 398 Å². The number of rotatable bonds is 51. The molecule has 64 heavy (non-hydrogen) atoms. The van der Waals surface area contributed by atoms with Gasteiger partial charge in [0.25, 0.3) is 0 Å². The van der Waals surface area contributed by atoms with Crippen molar-refractivity contribution in [1.82, 2.24) is 5.32 Å². The Morgan fingerprint density at radius 3 is 1.28 bits per heavy atom. The first-order chi connectivity index (χ1) is 31.5. The summed E-state index contributed by atoms with van der Waals surface area (Å²) in [6, 6.07) is -0.706. The fourth-order valence-electron chi connectivity index (χ4n) is 8.74. The number of esters is 1. The number of ether oxygens (including phenoxy) is 1. The van der Waals surface area contributed by atoms with Crippen molar-refractivity contribution in [3.05, 3.63) is 36.5 Å². The highest BCUT2D eigenvalue weighted by molar-refractivity contribution is 5.77. The molecule has 0 heterocycles. The molecule has 0 spiro atoms. The number of carbonyl (C=O) groups excluding carboxylic acids is 2. The van der Waals surface area contributed by atoms with Crippen molar-refractivity contribution in [2.75, 3.05) is 6.61 Å². The van der Waals surface area contributed by atoms with E-state index < -0.39 is 18.2 Å². The standard InChI is InChI=1S/C58H109NO5/c1-4-7-10-13-16-19-22-25-28-30-33-36-39-42-45-48-51-58(63)64-54(49-46-43-40-37-34-31-27-24-21-18-15-12-9-6-3)52-57(62)59-55(53-60)56(61)50-47-44-41-38-35-32-29-26-23-20-17-14-11-8-5-2/h9,12,18,21,27,31,54-56,60-61H,4-8,10-11,13-17,19-20,22-26,28-30,32-53H2,1-3H3,(H,59,62)/b12-9+,21-18+,31-27+. The molecular weight excluding hydrogens is 791 g/mol. The largest absolute Gasteiger partial charge is 0.462 e. The number of nitrogens with one attached hydrogen (secondary N) is 1. The third-order valence-electron chi connectivity index (χ3n) is 13.0. The molecule has 0 saturated heterocycles. The molecule has 0 rings (SSSR count). The minimum atomic E-state index is -0.792. The van der Waals surface area contributed by atoms with E-state index in [1.807, 2.05) is 0 Å². The molecule has 1 amide bonds. The number of aliphatic hydroxyl groups is 2. The van der Waals surface area contributed by atoms with Crippen LogP contribution in [-0.2, 0) is 14.3 Å². The summed E-state index contributed by atoms with van der Waals surface area (Å²) in [5.41, 5.74) is 0. The first kappa shape index (κ1) is 62.1. The van der Waals surface area contributed by atoms with E-state index >= 15 is 0 Å². The smallest absolute Gasteiger partial charge is 0.306 e. The highest BCUT2D eigenvalue weighted by atomic mass is 16.5. The van der Waals surface area contributed by atoms with Crippen LogP contribution in [0.1, 0.15) is 297 Å². The third-order valence-corrected chi connectivity index (χ3v) is 13.0. The van der Waals surface area contributed by atoms with E-state index in [2.05, 4.69) is 62.5 Å². The zero-order valence-electron chi connectivity index (χ0n) is 42.9. The van der Waals surface area contributed by atoms with Crippen molar-refractivity contribution in [3.63, 3.8) is 0 Å². The first-order valence-corrected chi connectivity index (χ1v) is 28.2. The second-order valence-corrected chi connectivity index (χ2v) is 19.3. The highest BCUT2D eigenvalue weighted by Gasteiger charge is 2.24. The number of unbranched alkanes of at least 4 members (excludes halogenated alkanes) is 33. The Kier molecular flexibility index (Phi) is 50.5. The average Bonchev–Trinajstić information content (AvgIpc) is 3.29. The predicted octanol–water partition coefficient (Wildman–Crippen LogP) is 17.2. The summed E-state index contributed by atoms with van der Waals surface area (Å²) < 4.78 is 5.95. The van der Waals surface area contributed by atoms with Gasteiger partial charge in [0, 0.05) is 6.42 Å². The normalized spacial score (nSPS) is 13.4. The van der Waals surface area contributed by atoms with Crippen LogP contribution in [0.25, 0.3) is 0 Å². The Morgan fingerprint density at radius 1 is 0.469 bits per heavy atom. The molecule has 0 aliphatic heterocycles. The number of aliphatic hydroxyl groups excluding tert-OH is 2. The molecule has 0 aliphatic carbocycles. The van der Waals surface area contributed by atoms with Crippen molar-refractivity contribution in [1.29, 1.82) is 0 Å². The first-order valence-electron chi connectivity index (χ1n) is 28.2. The molecule has 0 radical (unpaired) electrons. The summed E-state index contributed by atoms with van der Waals surface area (Å²) in [6.45, 7) is 6.40. The van der Waals surface area contributed by atoms with E-state index in [-0.39, 0.29) is 24.9 Å². The van der Waals surface area contributed by atoms with Crippen LogP contribution in [0.4, 0.5) is 0 Å². The number of hydrogen-bond acceptors (Lipinski definition) is 5. The van der Waals surface area contributed by atoms with Gasteiger partial charge in [0.2, 0.25) is 5.91 Å². The van der Waals surface area contributed by atoms with Crippen LogP contribution >= 0.6 is 0 Å². The van der Waals surface area contributed by atoms with Crippen LogP contribution in [-0.4, -0.2) is 46.9 Å². The maximum atomic E-state index is 13.2. The molecule has 0 aromatic rings. The minimum Gasteiger partial charge on any atom is -0.462 e. The summed E-state index contributed by atoms with van der Waals surface area (Å²) >= 11 is 0. The van der Waals surface area contributed by atoms with Gasteiger partial charge in [-0.3, -0.25) is 9.59 Å². The van der Waals surface area contributed by atoms with E-state index in [1.165, 1.54) is 167 Å². The lowest BCUT2D eigenvalue weighted by atomic mass is 10.0. The number of hydrogen-bond donors (Lipinski definition) is 3. The van der Waals surface area contributed by atoms with E-state index in [0.29, 0.717) is 19.3 Å². The number of allylic oxidation sites excluding steroid dienone is 6. The van der Waals surface area contributed by atoms with Gasteiger partial charge in [0.15, 0.2) is 0 Å². The second-order valence-electron chi connectivity index (χ2n) is 19.3. The lowest BCUT2D eigenvalue weighted by molar-refractivity contribution is -0.151. The van der Waals surface area contributed by atoms with Gasteiger partial charge in [0.1, 0.15) is 6.10 Å². The van der Waals surface area contributed by atoms with E-state index in [0.717, 1.165) is 83.5 Å². The molecule has 6 nitrogen and oxygen atoms in total. The summed E-state index contributed by atoms with van der Waals surface area (Å²) in [7, 11) is 0. The van der Waals surface area contributed by atoms with Gasteiger partial charge < -0.3 is 20.3 Å². The monoisotopic (exact) mass is 900 g/mol. The van der Waals surface area contributed by atoms with Crippen LogP contribution < -0.4 is 5.32 Å². The molecule has 3 atom stereocenters. The van der Waals surface area contributed by atoms with Crippen molar-refractivity contribution in [2.45, 2.75) is 315 Å². The van der Waals surface area contributed by atoms with Gasteiger partial charge in [-0.2, -0.15) is 0 Å². The molecule has 3 N–H and O–H groups in total. The summed E-state index contributed by atoms with van der Waals surface area (Å²) in [6.07, 6.45) is 62.1. The Morgan fingerprint density at radius 2 is 0.844 bits per heavy atom. The second kappa shape index (κ2) is 52.1. The molecule has 6 heteroatoms. The number of carbonyl (C=O) groups is 2. The van der Waals surface area contributed by atoms with Crippen LogP contribution in [0.15, 0.2) is 36.5 Å². The Bertz CT molecular complexity index is 1060. The molecule has 0 fully saturated rings. The molecular formula is C58H109NO5. The van der Waals surface area contributed by atoms with Gasteiger partial charge in [-0.15, -0.1) is 0 Å². The third kappa shape index (κ3) is 46.6. The minimum absolute atomic E-state index is 0.0668. The van der Waals surface area contributed by atoms with Crippen molar-refractivity contribution in [2.24, 2.45) is 0 Å². The summed E-state index contributed by atoms with van der Waals surface area (Å²) in [4.78, 5) is 26.2. The fourth-order valence-corrected chi connectivity index (χ4v) is 8.74. The summed E-state index contributed by atoms with van der Waals surface area (Å²) in [5, 5.41) is 23.9. The fraction of sp³-hybridized carbons (Fsp3) is 0.862. The maximum Gasteiger partial charge on any atom is 0.306 e. The lowest BCUT2D eigenvalue weighted by Crippen LogP contribution is -2.46. The molecule has 0 bridgehead atoms. The van der Waals surface area contributed by atoms with E-state index in [9.17, 15) is 19.8 Å². The Balaban J connectivity index is 4.54. The van der Waals surface area contributed by atoms with Crippen LogP contribution in [0.2, 0.25) is 0 Å². The highest BCUT2D eigenvalue weighted by Crippen LogP contribution is 2.19. The zero-order valence-corrected chi connectivity index (χ0v) is 42.9. The molecule has 376 valence electrons. The van der Waals surface area contributed by atoms with E-state index in [1.54, 1.807) is 0 Å². The lowest BCUT2D eigenvalue weighted by Gasteiger charge is -2.24. The van der Waals surface area contributed by atoms with Gasteiger partial charge >= 0.3 is 5.97 Å². The number of amides is 1. The van der Waals surface area contributed by atoms with Gasteiger partial charge in [-0.05, 0) is 57.8 Å². The van der Waals surface area contributed by atoms with Crippen LogP contribution in [0, 0.1) is 0 Å². The van der Waals surface area contributed by atoms with Gasteiger partial charge in [0.05, 0.1) is 25.2 Å². The Hall–Kier alpha value is -1.92. The van der Waals surface area contributed by atoms with Gasteiger partial charge in [-0.1, -0.05) is 263 Å². The molecule has 0 saturated carbocycles. The molecule has 0 aromatic heterocycles. The summed E-state index contributed by atoms with van der Waals surface area (Å²) in [5.74, 6) is -0.481. The van der Waals surface area contributed by atoms with Crippen LogP contribution in [0.3, 0.4) is 0 Å². The van der Waals surface area contributed by atoms with Gasteiger partial charge in [-0.25, -0.2) is 0 Å².